The molecule has 0 unspecified atom stereocenters. The molecule has 1 aromatic carbocycles. The Balaban J connectivity index is 1.44. The summed E-state index contributed by atoms with van der Waals surface area (Å²) in [6.45, 7) is 1.90. The topological polar surface area (TPSA) is 80.8 Å². The highest BCUT2D eigenvalue weighted by molar-refractivity contribution is 5.94. The van der Waals surface area contributed by atoms with Crippen LogP contribution >= 0.6 is 0 Å². The van der Waals surface area contributed by atoms with Crippen molar-refractivity contribution in [3.05, 3.63) is 47.3 Å². The van der Waals surface area contributed by atoms with Crippen LogP contribution in [0.4, 0.5) is 13.2 Å². The average Bonchev–Trinajstić information content (AvgIpc) is 3.40. The van der Waals surface area contributed by atoms with Crippen LogP contribution in [0, 0.1) is 0 Å². The molecule has 1 saturated carbocycles. The van der Waals surface area contributed by atoms with Crippen LogP contribution in [0.5, 0.6) is 5.75 Å². The van der Waals surface area contributed by atoms with E-state index in [9.17, 15) is 18.0 Å². The second-order valence-electron chi connectivity index (χ2n) is 8.03. The van der Waals surface area contributed by atoms with E-state index in [1.807, 2.05) is 6.92 Å². The second kappa shape index (κ2) is 8.76. The fraction of sp³-hybridized carbons (Fsp3) is 0.455. The van der Waals surface area contributed by atoms with Gasteiger partial charge in [0, 0.05) is 48.5 Å². The number of aromatic nitrogens is 2. The number of nitrogens with zero attached hydrogens (tertiary/aromatic N) is 4. The number of hydrogen-bond donors (Lipinski definition) is 0. The summed E-state index contributed by atoms with van der Waals surface area (Å²) in [6.07, 6.45) is 0.811. The molecule has 170 valence electrons. The van der Waals surface area contributed by atoms with Gasteiger partial charge in [-0.2, -0.15) is 0 Å². The van der Waals surface area contributed by atoms with Crippen molar-refractivity contribution in [1.82, 2.24) is 15.1 Å². The van der Waals surface area contributed by atoms with Crippen LogP contribution in [0.15, 0.2) is 39.4 Å². The van der Waals surface area contributed by atoms with Crippen LogP contribution in [0.2, 0.25) is 0 Å². The third-order valence-corrected chi connectivity index (χ3v) is 5.89. The highest BCUT2D eigenvalue weighted by Gasteiger charge is 2.33. The number of carbonyl (C=O) groups is 1. The molecule has 1 amide bonds. The first kappa shape index (κ1) is 22.0. The van der Waals surface area contributed by atoms with Gasteiger partial charge in [-0.05, 0) is 44.4 Å². The molecule has 32 heavy (non-hydrogen) atoms. The van der Waals surface area contributed by atoms with Gasteiger partial charge >= 0.3 is 6.36 Å². The lowest BCUT2D eigenvalue weighted by molar-refractivity contribution is -0.274. The Morgan fingerprint density at radius 2 is 2.06 bits per heavy atom. The smallest absolute Gasteiger partial charge is 0.421 e. The lowest BCUT2D eigenvalue weighted by Gasteiger charge is -2.34. The summed E-state index contributed by atoms with van der Waals surface area (Å²) < 4.78 is 47.4. The Hall–Kier alpha value is -3.17. The zero-order valence-corrected chi connectivity index (χ0v) is 17.7. The minimum atomic E-state index is -4.81. The summed E-state index contributed by atoms with van der Waals surface area (Å²) in [5, 5.41) is 8.40. The Labute approximate surface area is 183 Å². The molecule has 2 heterocycles. The Kier molecular flexibility index (Phi) is 6.03. The van der Waals surface area contributed by atoms with Gasteiger partial charge in [-0.1, -0.05) is 12.5 Å². The van der Waals surface area contributed by atoms with Gasteiger partial charge in [0.2, 0.25) is 11.8 Å². The molecule has 0 spiro atoms. The van der Waals surface area contributed by atoms with Crippen LogP contribution in [0.25, 0.3) is 5.57 Å². The monoisotopic (exact) mass is 448 g/mol. The molecular weight excluding hydrogens is 425 g/mol. The van der Waals surface area contributed by atoms with Gasteiger partial charge in [-0.15, -0.1) is 23.4 Å². The van der Waals surface area contributed by atoms with E-state index in [1.54, 1.807) is 18.2 Å². The third kappa shape index (κ3) is 4.84. The quantitative estimate of drug-likeness (QED) is 0.645. The molecule has 2 aliphatic rings. The van der Waals surface area contributed by atoms with Gasteiger partial charge in [0.05, 0.1) is 0 Å². The van der Waals surface area contributed by atoms with Crippen molar-refractivity contribution < 1.29 is 27.1 Å². The predicted molar refractivity (Wildman–Crippen MR) is 110 cm³/mol. The van der Waals surface area contributed by atoms with Crippen molar-refractivity contribution in [2.45, 2.75) is 57.3 Å². The van der Waals surface area contributed by atoms with Crippen molar-refractivity contribution in [1.29, 1.82) is 0 Å². The first-order valence-electron chi connectivity index (χ1n) is 10.4. The fourth-order valence-corrected chi connectivity index (χ4v) is 4.20. The standard InChI is InChI=1S/C22H23F3N4O3/c1-13-18(9-10-26-13)20-28-27-19(31-20)14-5-3-7-16(11-14)29(2)21(30)15-6-4-8-17(12-15)32-22(23,24)25/h4,6,8,10,12,14,16H,3,5,7,9,11H2,1-2H3/t14-,16+/m0/s1. The number of allylic oxidation sites excluding steroid dienone is 2. The highest BCUT2D eigenvalue weighted by Crippen LogP contribution is 2.36. The predicted octanol–water partition coefficient (Wildman–Crippen LogP) is 4.97. The Morgan fingerprint density at radius 3 is 2.78 bits per heavy atom. The molecule has 4 rings (SSSR count). The number of alkyl halides is 3. The zero-order valence-electron chi connectivity index (χ0n) is 17.7. The van der Waals surface area contributed by atoms with Crippen LogP contribution in [0.1, 0.15) is 67.1 Å². The fourth-order valence-electron chi connectivity index (χ4n) is 4.20. The minimum Gasteiger partial charge on any atom is -0.421 e. The van der Waals surface area contributed by atoms with E-state index in [-0.39, 0.29) is 23.4 Å². The van der Waals surface area contributed by atoms with Crippen LogP contribution in [-0.2, 0) is 0 Å². The van der Waals surface area contributed by atoms with E-state index in [1.165, 1.54) is 18.2 Å². The van der Waals surface area contributed by atoms with Gasteiger partial charge in [0.15, 0.2) is 0 Å². The molecule has 0 radical (unpaired) electrons. The first-order valence-corrected chi connectivity index (χ1v) is 10.4. The number of rotatable bonds is 5. The number of ether oxygens (including phenoxy) is 1. The summed E-state index contributed by atoms with van der Waals surface area (Å²) in [5.74, 6) is 0.241. The maximum Gasteiger partial charge on any atom is 0.573 e. The van der Waals surface area contributed by atoms with Gasteiger partial charge in [-0.3, -0.25) is 9.79 Å². The molecule has 0 N–H and O–H groups in total. The molecule has 1 aliphatic heterocycles. The molecule has 1 aliphatic carbocycles. The summed E-state index contributed by atoms with van der Waals surface area (Å²) in [7, 11) is 1.66. The van der Waals surface area contributed by atoms with Gasteiger partial charge < -0.3 is 14.1 Å². The van der Waals surface area contributed by atoms with E-state index in [0.29, 0.717) is 24.6 Å². The van der Waals surface area contributed by atoms with Gasteiger partial charge in [0.25, 0.3) is 5.91 Å². The SMILES string of the molecule is CC1=C(c2nnc([C@H]3CCC[C@@H](N(C)C(=O)c4cccc(OC(F)(F)F)c4)C3)o2)CC=N1. The number of aliphatic imine (C=N–C) groups is 1. The summed E-state index contributed by atoms with van der Waals surface area (Å²) in [4.78, 5) is 18.8. The molecule has 7 nitrogen and oxygen atoms in total. The maximum absolute atomic E-state index is 12.9. The van der Waals surface area contributed by atoms with E-state index < -0.39 is 12.1 Å². The highest BCUT2D eigenvalue weighted by atomic mass is 19.4. The molecule has 2 aromatic rings. The van der Waals surface area contributed by atoms with E-state index >= 15 is 0 Å². The molecule has 10 heteroatoms. The minimum absolute atomic E-state index is 0.00775. The molecule has 1 fully saturated rings. The number of amides is 1. The van der Waals surface area contributed by atoms with Crippen molar-refractivity contribution in [2.24, 2.45) is 4.99 Å². The van der Waals surface area contributed by atoms with Crippen molar-refractivity contribution in [3.63, 3.8) is 0 Å². The van der Waals surface area contributed by atoms with E-state index in [4.69, 9.17) is 4.42 Å². The molecule has 1 aromatic heterocycles. The van der Waals surface area contributed by atoms with Crippen molar-refractivity contribution in [3.8, 4) is 5.75 Å². The number of benzene rings is 1. The summed E-state index contributed by atoms with van der Waals surface area (Å²) in [5.41, 5.74) is 1.92. The van der Waals surface area contributed by atoms with E-state index in [2.05, 4.69) is 19.9 Å². The zero-order chi connectivity index (χ0) is 22.9. The number of carbonyl (C=O) groups excluding carboxylic acids is 1. The number of halogens is 3. The average molecular weight is 448 g/mol. The van der Waals surface area contributed by atoms with Crippen molar-refractivity contribution >= 4 is 17.7 Å². The Bertz CT molecular complexity index is 1060. The van der Waals surface area contributed by atoms with Gasteiger partial charge in [-0.25, -0.2) is 0 Å². The largest absolute Gasteiger partial charge is 0.573 e. The van der Waals surface area contributed by atoms with Crippen LogP contribution in [-0.4, -0.2) is 46.7 Å². The Morgan fingerprint density at radius 1 is 1.25 bits per heavy atom. The second-order valence-corrected chi connectivity index (χ2v) is 8.03. The van der Waals surface area contributed by atoms with Crippen LogP contribution < -0.4 is 4.74 Å². The molecular formula is C22H23F3N4O3. The number of hydrogen-bond acceptors (Lipinski definition) is 6. The van der Waals surface area contributed by atoms with Crippen molar-refractivity contribution in [2.75, 3.05) is 7.05 Å². The third-order valence-electron chi connectivity index (χ3n) is 5.89. The molecule has 0 bridgehead atoms. The maximum atomic E-state index is 12.9. The molecule has 0 saturated heterocycles. The lowest BCUT2D eigenvalue weighted by Crippen LogP contribution is -2.39. The van der Waals surface area contributed by atoms with E-state index in [0.717, 1.165) is 36.6 Å². The lowest BCUT2D eigenvalue weighted by atomic mass is 9.85. The molecule has 2 atom stereocenters. The summed E-state index contributed by atoms with van der Waals surface area (Å²) in [6, 6.07) is 5.03. The normalized spacial score (nSPS) is 21.2. The first-order chi connectivity index (χ1) is 15.2. The van der Waals surface area contributed by atoms with Gasteiger partial charge in [0.1, 0.15) is 5.75 Å². The summed E-state index contributed by atoms with van der Waals surface area (Å²) >= 11 is 0. The van der Waals surface area contributed by atoms with Crippen LogP contribution in [0.3, 0.4) is 0 Å².